The molecule has 0 fully saturated rings. The molecule has 0 saturated carbocycles. The first-order valence-electron chi connectivity index (χ1n) is 11.4. The highest BCUT2D eigenvalue weighted by atomic mass is 16.5. The topological polar surface area (TPSA) is 145 Å². The van der Waals surface area contributed by atoms with E-state index in [1.165, 1.54) is 6.20 Å². The van der Waals surface area contributed by atoms with Gasteiger partial charge in [0.15, 0.2) is 0 Å². The summed E-state index contributed by atoms with van der Waals surface area (Å²) >= 11 is 0. The number of hydrogen-bond donors (Lipinski definition) is 2. The van der Waals surface area contributed by atoms with Crippen LogP contribution in [-0.2, 0) is 0 Å². The van der Waals surface area contributed by atoms with Crippen LogP contribution in [0.25, 0.3) is 27.7 Å². The van der Waals surface area contributed by atoms with Crippen molar-refractivity contribution in [3.05, 3.63) is 94.8 Å². The fourth-order valence-electron chi connectivity index (χ4n) is 4.15. The van der Waals surface area contributed by atoms with E-state index < -0.39 is 6.04 Å². The first kappa shape index (κ1) is 23.4. The number of ether oxygens (including phenoxy) is 1. The minimum absolute atomic E-state index is 0.0260. The average Bonchev–Trinajstić information content (AvgIpc) is 2.93. The second-order valence-electron chi connectivity index (χ2n) is 8.20. The number of nitrogens with two attached hydrogens (primary N) is 1. The lowest BCUT2D eigenvalue weighted by atomic mass is 10.0. The largest absolute Gasteiger partial charge is 0.481 e. The first-order valence-corrected chi connectivity index (χ1v) is 11.4. The molecule has 0 aliphatic heterocycles. The van der Waals surface area contributed by atoms with Crippen molar-refractivity contribution in [1.82, 2.24) is 24.5 Å². The summed E-state index contributed by atoms with van der Waals surface area (Å²) in [6, 6.07) is 19.9. The molecule has 0 amide bonds. The number of methoxy groups -OCH3 is 1. The van der Waals surface area contributed by atoms with Gasteiger partial charge in [-0.3, -0.25) is 9.36 Å². The van der Waals surface area contributed by atoms with Crippen molar-refractivity contribution in [3.63, 3.8) is 0 Å². The molecule has 0 aliphatic carbocycles. The van der Waals surface area contributed by atoms with Gasteiger partial charge in [0.25, 0.3) is 5.56 Å². The van der Waals surface area contributed by atoms with Crippen LogP contribution in [0.3, 0.4) is 0 Å². The molecule has 182 valence electrons. The number of benzene rings is 2. The molecular formula is C27H22N8O2. The Balaban J connectivity index is 1.74. The quantitative estimate of drug-likeness (QED) is 0.362. The molecule has 37 heavy (non-hydrogen) atoms. The number of aromatic nitrogens is 5. The number of fused-ring (bicyclic) bond motifs is 1. The summed E-state index contributed by atoms with van der Waals surface area (Å²) in [7, 11) is 1.54. The number of nitriles is 1. The van der Waals surface area contributed by atoms with Crippen molar-refractivity contribution in [2.75, 3.05) is 18.2 Å². The van der Waals surface area contributed by atoms with Crippen LogP contribution in [0.15, 0.2) is 77.9 Å². The molecule has 10 heteroatoms. The van der Waals surface area contributed by atoms with Crippen LogP contribution in [0.4, 0.5) is 11.8 Å². The van der Waals surface area contributed by atoms with Gasteiger partial charge in [0.2, 0.25) is 11.8 Å². The van der Waals surface area contributed by atoms with Gasteiger partial charge >= 0.3 is 0 Å². The minimum atomic E-state index is -0.525. The smallest absolute Gasteiger partial charge is 0.266 e. The number of para-hydroxylation sites is 1. The zero-order valence-corrected chi connectivity index (χ0v) is 20.1. The Morgan fingerprint density at radius 3 is 2.65 bits per heavy atom. The number of nitrogens with one attached hydrogen (secondary N) is 1. The average molecular weight is 491 g/mol. The summed E-state index contributed by atoms with van der Waals surface area (Å²) < 4.78 is 6.85. The van der Waals surface area contributed by atoms with E-state index in [1.54, 1.807) is 30.0 Å². The summed E-state index contributed by atoms with van der Waals surface area (Å²) in [5, 5.41) is 13.1. The van der Waals surface area contributed by atoms with Gasteiger partial charge in [0.05, 0.1) is 35.9 Å². The fourth-order valence-corrected chi connectivity index (χ4v) is 4.15. The number of anilines is 2. The van der Waals surface area contributed by atoms with Crippen LogP contribution in [-0.4, -0.2) is 31.6 Å². The Kier molecular flexibility index (Phi) is 6.18. The van der Waals surface area contributed by atoms with Crippen molar-refractivity contribution < 1.29 is 4.74 Å². The normalized spacial score (nSPS) is 11.6. The summed E-state index contributed by atoms with van der Waals surface area (Å²) in [5.41, 5.74) is 8.40. The Hall–Kier alpha value is -5.30. The third-order valence-electron chi connectivity index (χ3n) is 5.86. The van der Waals surface area contributed by atoms with Crippen molar-refractivity contribution >= 4 is 22.7 Å². The van der Waals surface area contributed by atoms with Crippen LogP contribution < -0.4 is 21.3 Å². The predicted octanol–water partition coefficient (Wildman–Crippen LogP) is 3.87. The monoisotopic (exact) mass is 490 g/mol. The van der Waals surface area contributed by atoms with E-state index in [0.29, 0.717) is 33.9 Å². The maximum atomic E-state index is 14.2. The van der Waals surface area contributed by atoms with Gasteiger partial charge in [-0.15, -0.1) is 0 Å². The Labute approximate surface area is 212 Å². The van der Waals surface area contributed by atoms with E-state index in [9.17, 15) is 10.1 Å². The van der Waals surface area contributed by atoms with Crippen molar-refractivity contribution in [3.8, 4) is 28.8 Å². The van der Waals surface area contributed by atoms with E-state index in [-0.39, 0.29) is 22.9 Å². The Bertz CT molecular complexity index is 1710. The van der Waals surface area contributed by atoms with Crippen molar-refractivity contribution in [1.29, 1.82) is 5.26 Å². The zero-order valence-electron chi connectivity index (χ0n) is 20.1. The lowest BCUT2D eigenvalue weighted by Crippen LogP contribution is -2.28. The molecule has 5 rings (SSSR count). The summed E-state index contributed by atoms with van der Waals surface area (Å²) in [4.78, 5) is 31.3. The third-order valence-corrected chi connectivity index (χ3v) is 5.86. The number of rotatable bonds is 6. The van der Waals surface area contributed by atoms with Gasteiger partial charge in [-0.05, 0) is 42.3 Å². The van der Waals surface area contributed by atoms with Gasteiger partial charge in [-0.1, -0.05) is 30.3 Å². The molecule has 5 aromatic rings. The number of nitrogens with zero attached hydrogens (tertiary/aromatic N) is 6. The number of pyridine rings is 1. The molecule has 0 unspecified atom stereocenters. The summed E-state index contributed by atoms with van der Waals surface area (Å²) in [6.45, 7) is 1.84. The maximum absolute atomic E-state index is 14.2. The van der Waals surface area contributed by atoms with Gasteiger partial charge in [0, 0.05) is 12.3 Å². The highest BCUT2D eigenvalue weighted by Gasteiger charge is 2.21. The molecule has 3 heterocycles. The molecule has 0 radical (unpaired) electrons. The van der Waals surface area contributed by atoms with Crippen molar-refractivity contribution in [2.24, 2.45) is 0 Å². The Morgan fingerprint density at radius 1 is 1.08 bits per heavy atom. The van der Waals surface area contributed by atoms with Gasteiger partial charge < -0.3 is 15.8 Å². The van der Waals surface area contributed by atoms with Crippen LogP contribution in [0, 0.1) is 11.3 Å². The molecule has 1 atom stereocenters. The number of hydrogen-bond acceptors (Lipinski definition) is 9. The molecule has 3 aromatic heterocycles. The maximum Gasteiger partial charge on any atom is 0.266 e. The van der Waals surface area contributed by atoms with Gasteiger partial charge in [-0.25, -0.2) is 15.0 Å². The van der Waals surface area contributed by atoms with E-state index in [4.69, 9.17) is 15.5 Å². The first-order chi connectivity index (χ1) is 18.0. The van der Waals surface area contributed by atoms with E-state index in [0.717, 1.165) is 5.56 Å². The highest BCUT2D eigenvalue weighted by molar-refractivity contribution is 5.94. The lowest BCUT2D eigenvalue weighted by molar-refractivity contribution is 0.398. The number of nitrogen functional groups attached to an aromatic ring is 1. The summed E-state index contributed by atoms with van der Waals surface area (Å²) in [5.74, 6) is 1.17. The molecule has 2 aromatic carbocycles. The molecule has 0 saturated heterocycles. The molecule has 0 aliphatic rings. The standard InChI is InChI=1S/C27H22N8O2/c1-16(32-24-18(14-28)15-31-27(29)34-24)25-33-21-10-6-9-20(17-11-12-30-22(13-17)37-2)23(21)26(36)35(25)19-7-4-3-5-8-19/h3-13,15-16H,1-2H3,(H3,29,31,32,34)/t16-/m0/s1. The highest BCUT2D eigenvalue weighted by Crippen LogP contribution is 2.29. The second kappa shape index (κ2) is 9.75. The fraction of sp³-hybridized carbons (Fsp3) is 0.111. The van der Waals surface area contributed by atoms with Gasteiger partial charge in [0.1, 0.15) is 23.3 Å². The third kappa shape index (κ3) is 4.41. The van der Waals surface area contributed by atoms with E-state index >= 15 is 0 Å². The molecule has 0 bridgehead atoms. The lowest BCUT2D eigenvalue weighted by Gasteiger charge is -2.21. The SMILES string of the molecule is COc1cc(-c2cccc3nc([C@H](C)Nc4nc(N)ncc4C#N)n(-c4ccccc4)c(=O)c23)ccn1. The molecule has 3 N–H and O–H groups in total. The minimum Gasteiger partial charge on any atom is -0.481 e. The molecule has 10 nitrogen and oxygen atoms in total. The molecular weight excluding hydrogens is 468 g/mol. The second-order valence-corrected chi connectivity index (χ2v) is 8.20. The van der Waals surface area contributed by atoms with Crippen LogP contribution in [0.2, 0.25) is 0 Å². The van der Waals surface area contributed by atoms with Crippen molar-refractivity contribution in [2.45, 2.75) is 13.0 Å². The van der Waals surface area contributed by atoms with Crippen LogP contribution in [0.1, 0.15) is 24.4 Å². The summed E-state index contributed by atoms with van der Waals surface area (Å²) in [6.07, 6.45) is 2.99. The van der Waals surface area contributed by atoms with Gasteiger partial charge in [-0.2, -0.15) is 10.2 Å². The van der Waals surface area contributed by atoms with Crippen LogP contribution in [0.5, 0.6) is 5.88 Å². The van der Waals surface area contributed by atoms with E-state index in [2.05, 4.69) is 26.3 Å². The predicted molar refractivity (Wildman–Crippen MR) is 140 cm³/mol. The Morgan fingerprint density at radius 2 is 1.89 bits per heavy atom. The zero-order chi connectivity index (χ0) is 25.9. The molecule has 0 spiro atoms. The van der Waals surface area contributed by atoms with E-state index in [1.807, 2.05) is 55.5 Å². The van der Waals surface area contributed by atoms with Crippen LogP contribution >= 0.6 is 0 Å².